The van der Waals surface area contributed by atoms with Gasteiger partial charge in [-0.05, 0) is 37.3 Å². The summed E-state index contributed by atoms with van der Waals surface area (Å²) in [5, 5.41) is 1.07. The summed E-state index contributed by atoms with van der Waals surface area (Å²) in [5.41, 5.74) is 1.02. The van der Waals surface area contributed by atoms with E-state index in [-0.39, 0.29) is 5.56 Å². The Balaban J connectivity index is 2.39. The highest BCUT2D eigenvalue weighted by atomic mass is 35.5. The molecule has 0 saturated carbocycles. The molecule has 2 heterocycles. The van der Waals surface area contributed by atoms with Crippen LogP contribution in [0.1, 0.15) is 5.82 Å². The van der Waals surface area contributed by atoms with Crippen molar-refractivity contribution in [1.82, 2.24) is 14.5 Å². The lowest BCUT2D eigenvalue weighted by atomic mass is 10.3. The molecule has 2 aromatic heterocycles. The van der Waals surface area contributed by atoms with Gasteiger partial charge in [-0.25, -0.2) is 9.97 Å². The number of pyridine rings is 1. The molecule has 5 heteroatoms. The number of hydrogen-bond acceptors (Lipinski definition) is 3. The molecular weight excluding hydrogens is 262 g/mol. The van der Waals surface area contributed by atoms with Gasteiger partial charge in [-0.15, -0.1) is 0 Å². The zero-order chi connectivity index (χ0) is 13.4. The van der Waals surface area contributed by atoms with Crippen LogP contribution in [0.4, 0.5) is 0 Å². The smallest absolute Gasteiger partial charge is 0.267 e. The summed E-state index contributed by atoms with van der Waals surface area (Å²) >= 11 is 5.97. The van der Waals surface area contributed by atoms with Gasteiger partial charge in [0.1, 0.15) is 5.82 Å². The Bertz CT molecular complexity index is 826. The number of aromatic nitrogens is 3. The normalized spacial score (nSPS) is 10.8. The Morgan fingerprint density at radius 2 is 2.05 bits per heavy atom. The van der Waals surface area contributed by atoms with Gasteiger partial charge in [0.05, 0.1) is 11.1 Å². The molecule has 0 N–H and O–H groups in total. The van der Waals surface area contributed by atoms with Gasteiger partial charge in [-0.1, -0.05) is 17.7 Å². The second-order valence-corrected chi connectivity index (χ2v) is 4.59. The van der Waals surface area contributed by atoms with Crippen molar-refractivity contribution in [3.8, 4) is 5.69 Å². The molecule has 4 nitrogen and oxygen atoms in total. The van der Waals surface area contributed by atoms with E-state index >= 15 is 0 Å². The van der Waals surface area contributed by atoms with E-state index in [0.29, 0.717) is 27.6 Å². The third kappa shape index (κ3) is 2.00. The van der Waals surface area contributed by atoms with E-state index in [1.54, 1.807) is 43.5 Å². The third-order valence-corrected chi connectivity index (χ3v) is 3.11. The lowest BCUT2D eigenvalue weighted by Crippen LogP contribution is -2.22. The van der Waals surface area contributed by atoms with Gasteiger partial charge in [0.15, 0.2) is 5.65 Å². The van der Waals surface area contributed by atoms with Gasteiger partial charge in [-0.3, -0.25) is 9.36 Å². The fraction of sp³-hybridized carbons (Fsp3) is 0.0714. The molecule has 0 aliphatic heterocycles. The topological polar surface area (TPSA) is 47.8 Å². The molecule has 1 aromatic carbocycles. The molecule has 3 aromatic rings. The number of fused-ring (bicyclic) bond motifs is 1. The molecule has 0 aliphatic carbocycles. The maximum absolute atomic E-state index is 12.5. The van der Waals surface area contributed by atoms with Gasteiger partial charge in [0.2, 0.25) is 0 Å². The summed E-state index contributed by atoms with van der Waals surface area (Å²) in [6, 6.07) is 10.6. The summed E-state index contributed by atoms with van der Waals surface area (Å²) in [6.45, 7) is 1.77. The summed E-state index contributed by atoms with van der Waals surface area (Å²) in [6.07, 6.45) is 1.62. The lowest BCUT2D eigenvalue weighted by molar-refractivity contribution is 0.889. The minimum absolute atomic E-state index is 0.141. The van der Waals surface area contributed by atoms with Gasteiger partial charge < -0.3 is 0 Å². The third-order valence-electron chi connectivity index (χ3n) is 2.88. The van der Waals surface area contributed by atoms with Crippen molar-refractivity contribution in [2.45, 2.75) is 6.92 Å². The van der Waals surface area contributed by atoms with Crippen LogP contribution in [0.5, 0.6) is 0 Å². The Kier molecular flexibility index (Phi) is 2.80. The first-order valence-electron chi connectivity index (χ1n) is 5.77. The standard InChI is InChI=1S/C14H10ClN3O/c1-9-17-13-12(6-3-7-16-13)14(19)18(9)11-5-2-4-10(15)8-11/h2-8H,1H3. The maximum Gasteiger partial charge on any atom is 0.267 e. The fourth-order valence-corrected chi connectivity index (χ4v) is 2.23. The Morgan fingerprint density at radius 3 is 2.84 bits per heavy atom. The summed E-state index contributed by atoms with van der Waals surface area (Å²) in [4.78, 5) is 21.0. The monoisotopic (exact) mass is 271 g/mol. The van der Waals surface area contributed by atoms with Crippen LogP contribution in [0.3, 0.4) is 0 Å². The zero-order valence-electron chi connectivity index (χ0n) is 10.2. The van der Waals surface area contributed by atoms with Crippen LogP contribution >= 0.6 is 11.6 Å². The average molecular weight is 272 g/mol. The van der Waals surface area contributed by atoms with Crippen molar-refractivity contribution >= 4 is 22.6 Å². The summed E-state index contributed by atoms with van der Waals surface area (Å²) in [5.74, 6) is 0.582. The molecule has 0 spiro atoms. The predicted octanol–water partition coefficient (Wildman–Crippen LogP) is 2.74. The maximum atomic E-state index is 12.5. The second kappa shape index (κ2) is 4.48. The number of hydrogen-bond donors (Lipinski definition) is 0. The highest BCUT2D eigenvalue weighted by Crippen LogP contribution is 2.15. The van der Waals surface area contributed by atoms with Gasteiger partial charge in [-0.2, -0.15) is 0 Å². The first-order valence-corrected chi connectivity index (χ1v) is 6.15. The van der Waals surface area contributed by atoms with E-state index in [9.17, 15) is 4.79 Å². The molecule has 0 bridgehead atoms. The van der Waals surface area contributed by atoms with Crippen LogP contribution in [0, 0.1) is 6.92 Å². The number of benzene rings is 1. The zero-order valence-corrected chi connectivity index (χ0v) is 10.9. The van der Waals surface area contributed by atoms with Gasteiger partial charge in [0.25, 0.3) is 5.56 Å². The Morgan fingerprint density at radius 1 is 1.21 bits per heavy atom. The van der Waals surface area contributed by atoms with E-state index < -0.39 is 0 Å². The van der Waals surface area contributed by atoms with Gasteiger partial charge >= 0.3 is 0 Å². The molecule has 94 valence electrons. The van der Waals surface area contributed by atoms with Crippen LogP contribution < -0.4 is 5.56 Å². The molecule has 0 atom stereocenters. The summed E-state index contributed by atoms with van der Waals surface area (Å²) < 4.78 is 1.54. The molecule has 3 rings (SSSR count). The molecular formula is C14H10ClN3O. The number of nitrogens with zero attached hydrogens (tertiary/aromatic N) is 3. The average Bonchev–Trinajstić information content (AvgIpc) is 2.39. The molecule has 0 aliphatic rings. The van der Waals surface area contributed by atoms with Crippen LogP contribution in [-0.4, -0.2) is 14.5 Å². The van der Waals surface area contributed by atoms with Crippen molar-refractivity contribution in [3.63, 3.8) is 0 Å². The first kappa shape index (κ1) is 11.9. The minimum atomic E-state index is -0.141. The van der Waals surface area contributed by atoms with E-state index in [2.05, 4.69) is 9.97 Å². The molecule has 0 saturated heterocycles. The van der Waals surface area contributed by atoms with E-state index in [1.807, 2.05) is 6.07 Å². The fourth-order valence-electron chi connectivity index (χ4n) is 2.04. The van der Waals surface area contributed by atoms with E-state index in [1.165, 1.54) is 4.57 Å². The molecule has 19 heavy (non-hydrogen) atoms. The van der Waals surface area contributed by atoms with Crippen molar-refractivity contribution in [1.29, 1.82) is 0 Å². The van der Waals surface area contributed by atoms with Crippen molar-refractivity contribution < 1.29 is 0 Å². The quantitative estimate of drug-likeness (QED) is 0.684. The highest BCUT2D eigenvalue weighted by molar-refractivity contribution is 6.30. The number of halogens is 1. The van der Waals surface area contributed by atoms with Crippen molar-refractivity contribution in [3.05, 3.63) is 63.8 Å². The Hall–Kier alpha value is -2.20. The van der Waals surface area contributed by atoms with Crippen LogP contribution in [-0.2, 0) is 0 Å². The largest absolute Gasteiger partial charge is 0.268 e. The van der Waals surface area contributed by atoms with Crippen LogP contribution in [0.2, 0.25) is 5.02 Å². The molecule has 0 fully saturated rings. The molecule has 0 radical (unpaired) electrons. The number of rotatable bonds is 1. The SMILES string of the molecule is Cc1nc2ncccc2c(=O)n1-c1cccc(Cl)c1. The second-order valence-electron chi connectivity index (χ2n) is 4.15. The van der Waals surface area contributed by atoms with Crippen molar-refractivity contribution in [2.24, 2.45) is 0 Å². The van der Waals surface area contributed by atoms with E-state index in [0.717, 1.165) is 0 Å². The lowest BCUT2D eigenvalue weighted by Gasteiger charge is -2.10. The number of aryl methyl sites for hydroxylation is 1. The minimum Gasteiger partial charge on any atom is -0.268 e. The van der Waals surface area contributed by atoms with Crippen molar-refractivity contribution in [2.75, 3.05) is 0 Å². The predicted molar refractivity (Wildman–Crippen MR) is 74.9 cm³/mol. The Labute approximate surface area is 114 Å². The molecule has 0 unspecified atom stereocenters. The summed E-state index contributed by atoms with van der Waals surface area (Å²) in [7, 11) is 0. The van der Waals surface area contributed by atoms with Gasteiger partial charge in [0, 0.05) is 11.2 Å². The molecule has 0 amide bonds. The van der Waals surface area contributed by atoms with Crippen LogP contribution in [0.15, 0.2) is 47.4 Å². The first-order chi connectivity index (χ1) is 9.16. The van der Waals surface area contributed by atoms with E-state index in [4.69, 9.17) is 11.6 Å². The highest BCUT2D eigenvalue weighted by Gasteiger charge is 2.10. The van der Waals surface area contributed by atoms with Crippen LogP contribution in [0.25, 0.3) is 16.7 Å².